The number of aromatic nitrogens is 2. The lowest BCUT2D eigenvalue weighted by Gasteiger charge is -1.99. The van der Waals surface area contributed by atoms with Crippen molar-refractivity contribution >= 4 is 11.6 Å². The summed E-state index contributed by atoms with van der Waals surface area (Å²) in [5, 5.41) is 6.03. The fourth-order valence-electron chi connectivity index (χ4n) is 1.56. The molecule has 0 saturated carbocycles. The van der Waals surface area contributed by atoms with Crippen LogP contribution in [-0.2, 0) is 12.8 Å². The average molecular weight is 246 g/mol. The second-order valence-electron chi connectivity index (χ2n) is 3.84. The number of nitrogen functional groups attached to an aromatic ring is 1. The van der Waals surface area contributed by atoms with E-state index in [1.807, 2.05) is 24.3 Å². The Morgan fingerprint density at radius 1 is 1.44 bits per heavy atom. The third kappa shape index (κ3) is 2.85. The molecule has 2 rings (SSSR count). The molecule has 0 atom stereocenters. The lowest BCUT2D eigenvalue weighted by atomic mass is 10.1. The second-order valence-corrected chi connectivity index (χ2v) is 3.84. The molecule has 94 valence electrons. The van der Waals surface area contributed by atoms with Crippen LogP contribution in [0.1, 0.15) is 22.1 Å². The minimum absolute atomic E-state index is 0.0556. The summed E-state index contributed by atoms with van der Waals surface area (Å²) < 4.78 is 4.99. The second kappa shape index (κ2) is 5.31. The number of amides is 1. The maximum absolute atomic E-state index is 11.2. The highest BCUT2D eigenvalue weighted by Gasteiger charge is 2.12. The number of carbonyl (C=O) groups excluding carboxylic acids is 1. The summed E-state index contributed by atoms with van der Waals surface area (Å²) in [4.78, 5) is 15.2. The van der Waals surface area contributed by atoms with E-state index >= 15 is 0 Å². The molecule has 0 aliphatic rings. The Hall–Kier alpha value is -2.37. The predicted molar refractivity (Wildman–Crippen MR) is 66.0 cm³/mol. The standard InChI is InChI=1S/C12H14N4O2/c1-14-12(17)11-15-10(18-16-11)6-5-8-3-2-4-9(13)7-8/h2-4,7H,5-6,13H2,1H3,(H,14,17). The molecule has 0 spiro atoms. The van der Waals surface area contributed by atoms with Crippen molar-refractivity contribution in [3.05, 3.63) is 41.5 Å². The van der Waals surface area contributed by atoms with Gasteiger partial charge in [-0.1, -0.05) is 17.3 Å². The monoisotopic (exact) mass is 246 g/mol. The molecule has 18 heavy (non-hydrogen) atoms. The van der Waals surface area contributed by atoms with Crippen molar-refractivity contribution in [2.45, 2.75) is 12.8 Å². The number of anilines is 1. The molecule has 6 heteroatoms. The quantitative estimate of drug-likeness (QED) is 0.778. The van der Waals surface area contributed by atoms with Crippen LogP contribution in [0, 0.1) is 0 Å². The average Bonchev–Trinajstić information content (AvgIpc) is 2.84. The van der Waals surface area contributed by atoms with Gasteiger partial charge in [-0.2, -0.15) is 4.98 Å². The van der Waals surface area contributed by atoms with Gasteiger partial charge < -0.3 is 15.6 Å². The number of benzene rings is 1. The van der Waals surface area contributed by atoms with E-state index < -0.39 is 0 Å². The zero-order valence-corrected chi connectivity index (χ0v) is 10.0. The van der Waals surface area contributed by atoms with E-state index in [1.165, 1.54) is 7.05 Å². The van der Waals surface area contributed by atoms with Gasteiger partial charge in [0.2, 0.25) is 5.89 Å². The number of rotatable bonds is 4. The van der Waals surface area contributed by atoms with Crippen LogP contribution in [0.4, 0.5) is 5.69 Å². The minimum Gasteiger partial charge on any atom is -0.399 e. The summed E-state index contributed by atoms with van der Waals surface area (Å²) in [6, 6.07) is 7.61. The first-order chi connectivity index (χ1) is 8.69. The summed E-state index contributed by atoms with van der Waals surface area (Å²) in [5.41, 5.74) is 7.50. The molecule has 0 unspecified atom stereocenters. The number of nitrogens with two attached hydrogens (primary N) is 1. The van der Waals surface area contributed by atoms with Crippen molar-refractivity contribution in [1.82, 2.24) is 15.5 Å². The van der Waals surface area contributed by atoms with Crippen molar-refractivity contribution < 1.29 is 9.32 Å². The van der Waals surface area contributed by atoms with Gasteiger partial charge in [0.25, 0.3) is 11.7 Å². The van der Waals surface area contributed by atoms with Gasteiger partial charge in [-0.05, 0) is 24.1 Å². The molecule has 6 nitrogen and oxygen atoms in total. The molecule has 0 fully saturated rings. The van der Waals surface area contributed by atoms with Gasteiger partial charge in [0.1, 0.15) is 0 Å². The fraction of sp³-hybridized carbons (Fsp3) is 0.250. The Morgan fingerprint density at radius 2 is 2.28 bits per heavy atom. The number of carbonyl (C=O) groups is 1. The normalized spacial score (nSPS) is 10.3. The van der Waals surface area contributed by atoms with Crippen LogP contribution >= 0.6 is 0 Å². The molecule has 2 aromatic rings. The zero-order chi connectivity index (χ0) is 13.0. The van der Waals surface area contributed by atoms with Gasteiger partial charge in [0.15, 0.2) is 0 Å². The molecule has 0 aliphatic heterocycles. The van der Waals surface area contributed by atoms with Gasteiger partial charge in [-0.3, -0.25) is 4.79 Å². The van der Waals surface area contributed by atoms with E-state index in [9.17, 15) is 4.79 Å². The topological polar surface area (TPSA) is 94.0 Å². The van der Waals surface area contributed by atoms with Crippen molar-refractivity contribution in [2.24, 2.45) is 0 Å². The Balaban J connectivity index is 1.98. The number of nitrogens with zero attached hydrogens (tertiary/aromatic N) is 2. The van der Waals surface area contributed by atoms with E-state index in [0.717, 1.165) is 17.7 Å². The summed E-state index contributed by atoms with van der Waals surface area (Å²) in [6.45, 7) is 0. The van der Waals surface area contributed by atoms with E-state index in [-0.39, 0.29) is 11.7 Å². The predicted octanol–water partition coefficient (Wildman–Crippen LogP) is 0.797. The molecule has 0 saturated heterocycles. The maximum Gasteiger partial charge on any atom is 0.292 e. The van der Waals surface area contributed by atoms with Crippen molar-refractivity contribution in [2.75, 3.05) is 12.8 Å². The van der Waals surface area contributed by atoms with Crippen LogP contribution in [0.2, 0.25) is 0 Å². The molecule has 3 N–H and O–H groups in total. The van der Waals surface area contributed by atoms with E-state index in [1.54, 1.807) is 0 Å². The summed E-state index contributed by atoms with van der Waals surface area (Å²) >= 11 is 0. The number of nitrogens with one attached hydrogen (secondary N) is 1. The van der Waals surface area contributed by atoms with Crippen LogP contribution in [0.25, 0.3) is 0 Å². The molecule has 0 aliphatic carbocycles. The summed E-state index contributed by atoms with van der Waals surface area (Å²) in [6.07, 6.45) is 1.31. The zero-order valence-electron chi connectivity index (χ0n) is 10.0. The largest absolute Gasteiger partial charge is 0.399 e. The lowest BCUT2D eigenvalue weighted by molar-refractivity contribution is 0.0950. The Bertz CT molecular complexity index is 551. The number of aryl methyl sites for hydroxylation is 2. The highest BCUT2D eigenvalue weighted by atomic mass is 16.5. The highest BCUT2D eigenvalue weighted by molar-refractivity contribution is 5.89. The van der Waals surface area contributed by atoms with Gasteiger partial charge in [0.05, 0.1) is 0 Å². The van der Waals surface area contributed by atoms with E-state index in [2.05, 4.69) is 15.5 Å². The van der Waals surface area contributed by atoms with Crippen molar-refractivity contribution in [1.29, 1.82) is 0 Å². The minimum atomic E-state index is -0.353. The Labute approximate surface area is 104 Å². The van der Waals surface area contributed by atoms with Crippen molar-refractivity contribution in [3.8, 4) is 0 Å². The van der Waals surface area contributed by atoms with E-state index in [4.69, 9.17) is 10.3 Å². The van der Waals surface area contributed by atoms with Gasteiger partial charge in [-0.15, -0.1) is 0 Å². The van der Waals surface area contributed by atoms with Gasteiger partial charge in [-0.25, -0.2) is 0 Å². The Morgan fingerprint density at radius 3 is 3.00 bits per heavy atom. The fourth-order valence-corrected chi connectivity index (χ4v) is 1.56. The smallest absolute Gasteiger partial charge is 0.292 e. The van der Waals surface area contributed by atoms with Crippen LogP contribution in [0.3, 0.4) is 0 Å². The first-order valence-electron chi connectivity index (χ1n) is 5.58. The molecule has 1 aromatic carbocycles. The SMILES string of the molecule is CNC(=O)c1noc(CCc2cccc(N)c2)n1. The van der Waals surface area contributed by atoms with Crippen molar-refractivity contribution in [3.63, 3.8) is 0 Å². The van der Waals surface area contributed by atoms with Crippen LogP contribution < -0.4 is 11.1 Å². The summed E-state index contributed by atoms with van der Waals surface area (Å²) in [5.74, 6) is 0.144. The molecule has 0 bridgehead atoms. The maximum atomic E-state index is 11.2. The Kier molecular flexibility index (Phi) is 3.57. The van der Waals surface area contributed by atoms with Gasteiger partial charge >= 0.3 is 0 Å². The first-order valence-corrected chi connectivity index (χ1v) is 5.58. The van der Waals surface area contributed by atoms with Crippen LogP contribution in [0.5, 0.6) is 0 Å². The third-order valence-electron chi connectivity index (χ3n) is 2.48. The lowest BCUT2D eigenvalue weighted by Crippen LogP contribution is -2.19. The van der Waals surface area contributed by atoms with E-state index in [0.29, 0.717) is 12.3 Å². The third-order valence-corrected chi connectivity index (χ3v) is 2.48. The molecule has 1 aromatic heterocycles. The summed E-state index contributed by atoms with van der Waals surface area (Å²) in [7, 11) is 1.52. The van der Waals surface area contributed by atoms with Crippen LogP contribution in [-0.4, -0.2) is 23.1 Å². The molecule has 1 amide bonds. The number of hydrogen-bond donors (Lipinski definition) is 2. The highest BCUT2D eigenvalue weighted by Crippen LogP contribution is 2.09. The molecular formula is C12H14N4O2. The molecule has 1 heterocycles. The number of hydrogen-bond acceptors (Lipinski definition) is 5. The molecule has 0 radical (unpaired) electrons. The van der Waals surface area contributed by atoms with Gasteiger partial charge in [0, 0.05) is 19.2 Å². The first kappa shape index (κ1) is 12.1. The van der Waals surface area contributed by atoms with Crippen LogP contribution in [0.15, 0.2) is 28.8 Å². The molecular weight excluding hydrogens is 232 g/mol.